The fourth-order valence-electron chi connectivity index (χ4n) is 3.53. The highest BCUT2D eigenvalue weighted by Gasteiger charge is 2.21. The van der Waals surface area contributed by atoms with E-state index in [0.717, 1.165) is 64.2 Å². The number of morpholine rings is 1. The average molecular weight is 407 g/mol. The summed E-state index contributed by atoms with van der Waals surface area (Å²) in [4.78, 5) is 9.27. The summed E-state index contributed by atoms with van der Waals surface area (Å²) in [5.74, 6) is 3.10. The fraction of sp³-hybridized carbons (Fsp3) is 0.667. The van der Waals surface area contributed by atoms with Gasteiger partial charge in [0.05, 0.1) is 13.2 Å². The van der Waals surface area contributed by atoms with Crippen molar-refractivity contribution < 1.29 is 9.47 Å². The molecule has 1 aromatic rings. The standard InChI is InChI=1S/C21H34N4O2S/c1-3-20-17-25(10-14-28-20)21(22-2)23-16-18-5-4-6-19(15-18)27-13-9-24-7-11-26-12-8-24/h4-6,15,20H,3,7-14,16-17H2,1-2H3,(H,22,23). The van der Waals surface area contributed by atoms with Gasteiger partial charge in [-0.25, -0.2) is 0 Å². The molecule has 2 fully saturated rings. The van der Waals surface area contributed by atoms with Gasteiger partial charge in [0.15, 0.2) is 5.96 Å². The molecule has 0 aliphatic carbocycles. The molecule has 28 heavy (non-hydrogen) atoms. The molecular weight excluding hydrogens is 372 g/mol. The Morgan fingerprint density at radius 3 is 2.96 bits per heavy atom. The van der Waals surface area contributed by atoms with Gasteiger partial charge in [0.2, 0.25) is 0 Å². The lowest BCUT2D eigenvalue weighted by Crippen LogP contribution is -2.47. The van der Waals surface area contributed by atoms with Crippen LogP contribution in [0.15, 0.2) is 29.3 Å². The van der Waals surface area contributed by atoms with Crippen molar-refractivity contribution in [2.24, 2.45) is 4.99 Å². The summed E-state index contributed by atoms with van der Waals surface area (Å²) >= 11 is 2.08. The summed E-state index contributed by atoms with van der Waals surface area (Å²) in [6, 6.07) is 8.36. The second-order valence-electron chi connectivity index (χ2n) is 7.20. The van der Waals surface area contributed by atoms with Crippen LogP contribution in [0.25, 0.3) is 0 Å². The third kappa shape index (κ3) is 6.57. The molecule has 0 amide bonds. The van der Waals surface area contributed by atoms with E-state index in [9.17, 15) is 0 Å². The minimum Gasteiger partial charge on any atom is -0.492 e. The highest BCUT2D eigenvalue weighted by Crippen LogP contribution is 2.21. The SMILES string of the molecule is CCC1CN(C(=NC)NCc2cccc(OCCN3CCOCC3)c2)CCS1. The molecule has 0 bridgehead atoms. The molecule has 1 atom stereocenters. The largest absolute Gasteiger partial charge is 0.492 e. The van der Waals surface area contributed by atoms with E-state index in [1.165, 1.54) is 17.7 Å². The number of nitrogens with zero attached hydrogens (tertiary/aromatic N) is 3. The minimum absolute atomic E-state index is 0.704. The van der Waals surface area contributed by atoms with Crippen molar-refractivity contribution in [1.29, 1.82) is 0 Å². The molecule has 2 aliphatic rings. The lowest BCUT2D eigenvalue weighted by atomic mass is 10.2. The van der Waals surface area contributed by atoms with Crippen LogP contribution in [0.1, 0.15) is 18.9 Å². The Bertz CT molecular complexity index is 622. The number of benzene rings is 1. The minimum atomic E-state index is 0.704. The van der Waals surface area contributed by atoms with Gasteiger partial charge in [-0.1, -0.05) is 19.1 Å². The molecule has 1 unspecified atom stereocenters. The van der Waals surface area contributed by atoms with E-state index in [1.54, 1.807) is 0 Å². The lowest BCUT2D eigenvalue weighted by molar-refractivity contribution is 0.0322. The summed E-state index contributed by atoms with van der Waals surface area (Å²) in [6.45, 7) is 10.5. The van der Waals surface area contributed by atoms with E-state index in [0.29, 0.717) is 11.9 Å². The highest BCUT2D eigenvalue weighted by molar-refractivity contribution is 8.00. The number of hydrogen-bond acceptors (Lipinski definition) is 5. The zero-order valence-electron chi connectivity index (χ0n) is 17.2. The van der Waals surface area contributed by atoms with E-state index >= 15 is 0 Å². The number of aliphatic imine (C=N–C) groups is 1. The quantitative estimate of drug-likeness (QED) is 0.554. The smallest absolute Gasteiger partial charge is 0.193 e. The first kappa shape index (κ1) is 21.3. The summed E-state index contributed by atoms with van der Waals surface area (Å²) in [7, 11) is 1.87. The molecule has 156 valence electrons. The van der Waals surface area contributed by atoms with Crippen LogP contribution in [-0.4, -0.2) is 86.4 Å². The monoisotopic (exact) mass is 406 g/mol. The van der Waals surface area contributed by atoms with Gasteiger partial charge in [-0.3, -0.25) is 9.89 Å². The molecule has 0 radical (unpaired) electrons. The average Bonchev–Trinajstić information content (AvgIpc) is 2.75. The summed E-state index contributed by atoms with van der Waals surface area (Å²) < 4.78 is 11.4. The summed E-state index contributed by atoms with van der Waals surface area (Å²) in [5, 5.41) is 4.23. The number of thioether (sulfide) groups is 1. The lowest BCUT2D eigenvalue weighted by Gasteiger charge is -2.34. The maximum atomic E-state index is 5.97. The van der Waals surface area contributed by atoms with Crippen molar-refractivity contribution in [3.8, 4) is 5.75 Å². The zero-order valence-corrected chi connectivity index (χ0v) is 18.0. The molecule has 2 heterocycles. The number of hydrogen-bond donors (Lipinski definition) is 1. The number of rotatable bonds is 7. The number of ether oxygens (including phenoxy) is 2. The first-order chi connectivity index (χ1) is 13.8. The molecule has 2 saturated heterocycles. The molecule has 2 aliphatic heterocycles. The van der Waals surface area contributed by atoms with Crippen LogP contribution in [0, 0.1) is 0 Å². The fourth-order valence-corrected chi connectivity index (χ4v) is 4.71. The van der Waals surface area contributed by atoms with Crippen molar-refractivity contribution >= 4 is 17.7 Å². The third-order valence-corrected chi connectivity index (χ3v) is 6.61. The van der Waals surface area contributed by atoms with Gasteiger partial charge in [0.1, 0.15) is 12.4 Å². The van der Waals surface area contributed by atoms with E-state index < -0.39 is 0 Å². The van der Waals surface area contributed by atoms with Crippen LogP contribution in [0.3, 0.4) is 0 Å². The van der Waals surface area contributed by atoms with E-state index in [2.05, 4.69) is 57.0 Å². The van der Waals surface area contributed by atoms with E-state index in [-0.39, 0.29) is 0 Å². The zero-order chi connectivity index (χ0) is 19.6. The number of guanidine groups is 1. The maximum absolute atomic E-state index is 5.97. The Morgan fingerprint density at radius 1 is 1.32 bits per heavy atom. The van der Waals surface area contributed by atoms with E-state index in [1.807, 2.05) is 13.1 Å². The van der Waals surface area contributed by atoms with Crippen molar-refractivity contribution in [1.82, 2.24) is 15.1 Å². The van der Waals surface area contributed by atoms with Crippen LogP contribution < -0.4 is 10.1 Å². The van der Waals surface area contributed by atoms with Gasteiger partial charge in [0.25, 0.3) is 0 Å². The van der Waals surface area contributed by atoms with Gasteiger partial charge in [-0.2, -0.15) is 11.8 Å². The topological polar surface area (TPSA) is 49.3 Å². The molecule has 0 saturated carbocycles. The van der Waals surface area contributed by atoms with Gasteiger partial charge in [-0.05, 0) is 24.1 Å². The molecule has 1 N–H and O–H groups in total. The first-order valence-electron chi connectivity index (χ1n) is 10.4. The third-order valence-electron chi connectivity index (χ3n) is 5.23. The normalized spacial score (nSPS) is 21.6. The Balaban J connectivity index is 1.45. The summed E-state index contributed by atoms with van der Waals surface area (Å²) in [6.07, 6.45) is 1.21. The van der Waals surface area contributed by atoms with Crippen molar-refractivity contribution in [2.75, 3.05) is 65.3 Å². The molecule has 7 heteroatoms. The van der Waals surface area contributed by atoms with Crippen molar-refractivity contribution in [2.45, 2.75) is 25.1 Å². The second-order valence-corrected chi connectivity index (χ2v) is 8.61. The van der Waals surface area contributed by atoms with Gasteiger partial charge in [-0.15, -0.1) is 0 Å². The second kappa shape index (κ2) is 11.5. The Labute approximate surface area is 173 Å². The van der Waals surface area contributed by atoms with Crippen LogP contribution >= 0.6 is 11.8 Å². The molecule has 3 rings (SSSR count). The van der Waals surface area contributed by atoms with Crippen molar-refractivity contribution in [3.63, 3.8) is 0 Å². The van der Waals surface area contributed by atoms with Crippen LogP contribution in [0.5, 0.6) is 5.75 Å². The van der Waals surface area contributed by atoms with Crippen LogP contribution in [-0.2, 0) is 11.3 Å². The Kier molecular flexibility index (Phi) is 8.76. The molecule has 6 nitrogen and oxygen atoms in total. The molecule has 0 spiro atoms. The Hall–Kier alpha value is -1.44. The number of nitrogens with one attached hydrogen (secondary N) is 1. The molecule has 0 aromatic heterocycles. The van der Waals surface area contributed by atoms with Gasteiger partial charge in [0, 0.05) is 57.3 Å². The van der Waals surface area contributed by atoms with Gasteiger partial charge >= 0.3 is 0 Å². The van der Waals surface area contributed by atoms with Crippen LogP contribution in [0.2, 0.25) is 0 Å². The predicted octanol–water partition coefficient (Wildman–Crippen LogP) is 2.30. The first-order valence-corrected chi connectivity index (χ1v) is 11.4. The maximum Gasteiger partial charge on any atom is 0.193 e. The van der Waals surface area contributed by atoms with Crippen LogP contribution in [0.4, 0.5) is 0 Å². The highest BCUT2D eigenvalue weighted by atomic mass is 32.2. The van der Waals surface area contributed by atoms with E-state index in [4.69, 9.17) is 9.47 Å². The van der Waals surface area contributed by atoms with Gasteiger partial charge < -0.3 is 19.7 Å². The Morgan fingerprint density at radius 2 is 2.18 bits per heavy atom. The van der Waals surface area contributed by atoms with Crippen molar-refractivity contribution in [3.05, 3.63) is 29.8 Å². The molecular formula is C21H34N4O2S. The predicted molar refractivity (Wildman–Crippen MR) is 118 cm³/mol. The summed E-state index contributed by atoms with van der Waals surface area (Å²) in [5.41, 5.74) is 1.21. The molecule has 1 aromatic carbocycles.